The Hall–Kier alpha value is -3.52. The van der Waals surface area contributed by atoms with Crippen LogP contribution < -0.4 is 15.4 Å². The van der Waals surface area contributed by atoms with Gasteiger partial charge in [-0.3, -0.25) is 0 Å². The zero-order valence-electron chi connectivity index (χ0n) is 15.0. The lowest BCUT2D eigenvalue weighted by molar-refractivity contribution is 0.415. The zero-order chi connectivity index (χ0) is 18.7. The highest BCUT2D eigenvalue weighted by Gasteiger charge is 2.13. The van der Waals surface area contributed by atoms with Crippen LogP contribution in [0.5, 0.6) is 5.75 Å². The minimum atomic E-state index is 0.229. The number of nitriles is 1. The van der Waals surface area contributed by atoms with Crippen LogP contribution in [-0.4, -0.2) is 26.2 Å². The van der Waals surface area contributed by atoms with Crippen LogP contribution in [-0.2, 0) is 0 Å². The summed E-state index contributed by atoms with van der Waals surface area (Å²) in [5, 5.41) is 9.54. The summed E-state index contributed by atoms with van der Waals surface area (Å²) < 4.78 is 5.20. The molecule has 0 spiro atoms. The molecule has 0 unspecified atom stereocenters. The molecule has 2 aromatic carbocycles. The van der Waals surface area contributed by atoms with Crippen molar-refractivity contribution in [1.29, 1.82) is 5.26 Å². The first kappa shape index (κ1) is 17.3. The predicted molar refractivity (Wildman–Crippen MR) is 105 cm³/mol. The molecule has 0 aliphatic rings. The third-order valence-corrected chi connectivity index (χ3v) is 4.24. The maximum atomic E-state index is 9.54. The molecule has 0 amide bonds. The van der Waals surface area contributed by atoms with E-state index in [4.69, 9.17) is 10.5 Å². The third-order valence-electron chi connectivity index (χ3n) is 4.24. The monoisotopic (exact) mass is 344 g/mol. The fraction of sp³-hybridized carbons (Fsp3) is 0.143. The van der Waals surface area contributed by atoms with E-state index in [1.807, 2.05) is 73.6 Å². The smallest absolute Gasteiger partial charge is 0.142 e. The van der Waals surface area contributed by atoms with Gasteiger partial charge in [-0.05, 0) is 48.0 Å². The molecular formula is C21H20N4O. The number of nitrogen functional groups attached to an aromatic ring is 1. The molecule has 0 aliphatic carbocycles. The highest BCUT2D eigenvalue weighted by molar-refractivity contribution is 5.80. The largest absolute Gasteiger partial charge is 0.497 e. The van der Waals surface area contributed by atoms with Gasteiger partial charge in [0.25, 0.3) is 0 Å². The molecule has 5 nitrogen and oxygen atoms in total. The number of nitrogens with two attached hydrogens (primary N) is 1. The van der Waals surface area contributed by atoms with Gasteiger partial charge in [0, 0.05) is 30.9 Å². The molecule has 3 aromatic rings. The number of hydrogen-bond donors (Lipinski definition) is 1. The number of aromatic nitrogens is 1. The summed E-state index contributed by atoms with van der Waals surface area (Å²) in [5.74, 6) is 1.00. The molecule has 3 rings (SSSR count). The summed E-state index contributed by atoms with van der Waals surface area (Å²) in [5.41, 5.74) is 10.9. The standard InChI is InChI=1S/C21H20N4O/c1-25(2)16-8-4-14(5-9-16)18-12-20(24-21(23)19(18)13-22)15-6-10-17(26-3)11-7-15/h4-12H,1-3H3,(H2,23,24). The van der Waals surface area contributed by atoms with Gasteiger partial charge >= 0.3 is 0 Å². The summed E-state index contributed by atoms with van der Waals surface area (Å²) in [6.45, 7) is 0. The first-order valence-electron chi connectivity index (χ1n) is 8.16. The lowest BCUT2D eigenvalue weighted by Gasteiger charge is -2.14. The van der Waals surface area contributed by atoms with Crippen molar-refractivity contribution in [3.63, 3.8) is 0 Å². The number of rotatable bonds is 4. The van der Waals surface area contributed by atoms with E-state index in [0.29, 0.717) is 5.56 Å². The van der Waals surface area contributed by atoms with E-state index in [1.54, 1.807) is 7.11 Å². The van der Waals surface area contributed by atoms with Crippen LogP contribution in [0.4, 0.5) is 11.5 Å². The van der Waals surface area contributed by atoms with Crippen LogP contribution in [0, 0.1) is 11.3 Å². The number of anilines is 2. The number of benzene rings is 2. The maximum Gasteiger partial charge on any atom is 0.142 e. The second-order valence-electron chi connectivity index (χ2n) is 6.10. The maximum absolute atomic E-state index is 9.54. The van der Waals surface area contributed by atoms with Crippen molar-refractivity contribution in [2.75, 3.05) is 31.8 Å². The number of pyridine rings is 1. The van der Waals surface area contributed by atoms with Crippen molar-refractivity contribution < 1.29 is 4.74 Å². The molecule has 130 valence electrons. The van der Waals surface area contributed by atoms with Crippen molar-refractivity contribution in [3.8, 4) is 34.2 Å². The quantitative estimate of drug-likeness (QED) is 0.776. The normalized spacial score (nSPS) is 10.2. The Balaban J connectivity index is 2.11. The van der Waals surface area contributed by atoms with Gasteiger partial charge in [-0.1, -0.05) is 12.1 Å². The molecule has 0 radical (unpaired) electrons. The predicted octanol–water partition coefficient (Wildman–Crippen LogP) is 3.94. The van der Waals surface area contributed by atoms with Crippen LogP contribution in [0.1, 0.15) is 5.56 Å². The second kappa shape index (κ2) is 7.16. The topological polar surface area (TPSA) is 75.2 Å². The van der Waals surface area contributed by atoms with Crippen LogP contribution >= 0.6 is 0 Å². The first-order valence-corrected chi connectivity index (χ1v) is 8.16. The van der Waals surface area contributed by atoms with E-state index >= 15 is 0 Å². The summed E-state index contributed by atoms with van der Waals surface area (Å²) in [6, 6.07) is 19.7. The first-order chi connectivity index (χ1) is 12.5. The van der Waals surface area contributed by atoms with Gasteiger partial charge < -0.3 is 15.4 Å². The Morgan fingerprint density at radius 1 is 1.00 bits per heavy atom. The van der Waals surface area contributed by atoms with E-state index in [2.05, 4.69) is 11.1 Å². The molecule has 0 fully saturated rings. The molecule has 0 saturated carbocycles. The van der Waals surface area contributed by atoms with Crippen molar-refractivity contribution in [3.05, 3.63) is 60.2 Å². The molecule has 0 atom stereocenters. The molecule has 0 bridgehead atoms. The minimum absolute atomic E-state index is 0.229. The van der Waals surface area contributed by atoms with Gasteiger partial charge in [0.05, 0.1) is 12.8 Å². The van der Waals surface area contributed by atoms with E-state index in [0.717, 1.165) is 33.8 Å². The fourth-order valence-electron chi connectivity index (χ4n) is 2.76. The Labute approximate surface area is 153 Å². The molecule has 2 N–H and O–H groups in total. The Bertz CT molecular complexity index is 955. The minimum Gasteiger partial charge on any atom is -0.497 e. The summed E-state index contributed by atoms with van der Waals surface area (Å²) in [7, 11) is 5.60. The summed E-state index contributed by atoms with van der Waals surface area (Å²) >= 11 is 0. The number of ether oxygens (including phenoxy) is 1. The molecule has 1 aromatic heterocycles. The van der Waals surface area contributed by atoms with Gasteiger partial charge in [-0.25, -0.2) is 4.98 Å². The number of hydrogen-bond acceptors (Lipinski definition) is 5. The number of methoxy groups -OCH3 is 1. The third kappa shape index (κ3) is 3.31. The van der Waals surface area contributed by atoms with Crippen LogP contribution in [0.3, 0.4) is 0 Å². The molecule has 5 heteroatoms. The average molecular weight is 344 g/mol. The van der Waals surface area contributed by atoms with Crippen molar-refractivity contribution in [2.45, 2.75) is 0 Å². The van der Waals surface area contributed by atoms with Crippen LogP contribution in [0.25, 0.3) is 22.4 Å². The molecular weight excluding hydrogens is 324 g/mol. The summed E-state index contributed by atoms with van der Waals surface area (Å²) in [4.78, 5) is 6.43. The van der Waals surface area contributed by atoms with Gasteiger partial charge in [0.2, 0.25) is 0 Å². The average Bonchev–Trinajstić information content (AvgIpc) is 2.67. The molecule has 0 saturated heterocycles. The Kier molecular flexibility index (Phi) is 4.76. The zero-order valence-corrected chi connectivity index (χ0v) is 15.0. The van der Waals surface area contributed by atoms with Gasteiger partial charge in [0.1, 0.15) is 23.2 Å². The van der Waals surface area contributed by atoms with Crippen LogP contribution in [0.2, 0.25) is 0 Å². The Morgan fingerprint density at radius 2 is 1.62 bits per heavy atom. The molecule has 26 heavy (non-hydrogen) atoms. The molecule has 1 heterocycles. The van der Waals surface area contributed by atoms with Gasteiger partial charge in [-0.15, -0.1) is 0 Å². The van der Waals surface area contributed by atoms with Crippen molar-refractivity contribution in [2.24, 2.45) is 0 Å². The van der Waals surface area contributed by atoms with E-state index in [9.17, 15) is 5.26 Å². The van der Waals surface area contributed by atoms with Crippen molar-refractivity contribution in [1.82, 2.24) is 4.98 Å². The van der Waals surface area contributed by atoms with E-state index in [1.165, 1.54) is 0 Å². The summed E-state index contributed by atoms with van der Waals surface area (Å²) in [6.07, 6.45) is 0. The lowest BCUT2D eigenvalue weighted by Crippen LogP contribution is -2.08. The van der Waals surface area contributed by atoms with Gasteiger partial charge in [-0.2, -0.15) is 5.26 Å². The Morgan fingerprint density at radius 3 is 2.15 bits per heavy atom. The van der Waals surface area contributed by atoms with Crippen LogP contribution in [0.15, 0.2) is 54.6 Å². The second-order valence-corrected chi connectivity index (χ2v) is 6.10. The van der Waals surface area contributed by atoms with E-state index in [-0.39, 0.29) is 5.82 Å². The van der Waals surface area contributed by atoms with E-state index < -0.39 is 0 Å². The highest BCUT2D eigenvalue weighted by Crippen LogP contribution is 2.32. The fourth-order valence-corrected chi connectivity index (χ4v) is 2.76. The highest BCUT2D eigenvalue weighted by atomic mass is 16.5. The molecule has 0 aliphatic heterocycles. The van der Waals surface area contributed by atoms with Crippen molar-refractivity contribution >= 4 is 11.5 Å². The number of nitrogens with zero attached hydrogens (tertiary/aromatic N) is 3. The lowest BCUT2D eigenvalue weighted by atomic mass is 9.98. The van der Waals surface area contributed by atoms with Gasteiger partial charge in [0.15, 0.2) is 0 Å². The SMILES string of the molecule is COc1ccc(-c2cc(-c3ccc(N(C)C)cc3)c(C#N)c(N)n2)cc1.